The van der Waals surface area contributed by atoms with Gasteiger partial charge in [0, 0.05) is 30.6 Å². The summed E-state index contributed by atoms with van der Waals surface area (Å²) in [4.78, 5) is 18.8. The van der Waals surface area contributed by atoms with E-state index in [2.05, 4.69) is 9.97 Å². The van der Waals surface area contributed by atoms with Gasteiger partial charge < -0.3 is 10.0 Å². The predicted octanol–water partition coefficient (Wildman–Crippen LogP) is 1.96. The summed E-state index contributed by atoms with van der Waals surface area (Å²) in [7, 11) is 0. The Hall–Kier alpha value is -2.12. The van der Waals surface area contributed by atoms with Crippen molar-refractivity contribution in [3.63, 3.8) is 0 Å². The van der Waals surface area contributed by atoms with Crippen LogP contribution in [0, 0.1) is 0 Å². The van der Waals surface area contributed by atoms with Crippen molar-refractivity contribution in [2.45, 2.75) is 13.1 Å². The molecule has 0 aliphatic rings. The second-order valence-electron chi connectivity index (χ2n) is 3.62. The highest BCUT2D eigenvalue weighted by atomic mass is 19.4. The van der Waals surface area contributed by atoms with Gasteiger partial charge in [0.05, 0.1) is 0 Å². The number of rotatable bonds is 5. The molecule has 0 atom stereocenters. The van der Waals surface area contributed by atoms with Crippen molar-refractivity contribution >= 4 is 18.0 Å². The first-order valence-electron chi connectivity index (χ1n) is 5.36. The number of alkyl halides is 3. The molecule has 1 aromatic heterocycles. The third kappa shape index (κ3) is 5.36. The van der Waals surface area contributed by atoms with E-state index in [4.69, 9.17) is 5.11 Å². The number of hydrogen-bond donors (Lipinski definition) is 1. The monoisotopic (exact) mass is 275 g/mol. The first-order chi connectivity index (χ1) is 8.81. The highest BCUT2D eigenvalue weighted by Crippen LogP contribution is 2.19. The second-order valence-corrected chi connectivity index (χ2v) is 3.62. The van der Waals surface area contributed by atoms with Gasteiger partial charge in [0.1, 0.15) is 6.54 Å². The van der Waals surface area contributed by atoms with Gasteiger partial charge in [-0.2, -0.15) is 13.2 Å². The number of carbonyl (C=O) groups is 1. The molecule has 1 rings (SSSR count). The normalized spacial score (nSPS) is 11.8. The van der Waals surface area contributed by atoms with E-state index in [1.165, 1.54) is 18.5 Å². The minimum atomic E-state index is -4.33. The molecule has 0 amide bonds. The molecule has 1 heterocycles. The zero-order valence-corrected chi connectivity index (χ0v) is 10.1. The smallest absolute Gasteiger partial charge is 0.406 e. The van der Waals surface area contributed by atoms with Crippen LogP contribution >= 0.6 is 0 Å². The van der Waals surface area contributed by atoms with Gasteiger partial charge in [0.15, 0.2) is 0 Å². The van der Waals surface area contributed by atoms with Gasteiger partial charge in [-0.1, -0.05) is 0 Å². The number of aliphatic carboxylic acids is 1. The molecule has 19 heavy (non-hydrogen) atoms. The number of carboxylic acid groups (broad SMARTS) is 1. The maximum absolute atomic E-state index is 12.3. The van der Waals surface area contributed by atoms with Gasteiger partial charge in [-0.15, -0.1) is 0 Å². The lowest BCUT2D eigenvalue weighted by Crippen LogP contribution is -2.35. The summed E-state index contributed by atoms with van der Waals surface area (Å²) >= 11 is 0. The number of halogens is 3. The third-order valence-corrected chi connectivity index (χ3v) is 2.11. The molecule has 0 aliphatic heterocycles. The molecule has 0 aromatic carbocycles. The van der Waals surface area contributed by atoms with Gasteiger partial charge >= 0.3 is 12.1 Å². The molecule has 8 heteroatoms. The Morgan fingerprint density at radius 2 is 2.00 bits per heavy atom. The van der Waals surface area contributed by atoms with Crippen LogP contribution in [0.5, 0.6) is 0 Å². The first-order valence-corrected chi connectivity index (χ1v) is 5.36. The molecule has 0 saturated carbocycles. The molecule has 0 bridgehead atoms. The topological polar surface area (TPSA) is 66.3 Å². The third-order valence-electron chi connectivity index (χ3n) is 2.11. The van der Waals surface area contributed by atoms with Crippen LogP contribution in [0.3, 0.4) is 0 Å². The zero-order valence-electron chi connectivity index (χ0n) is 10.1. The fourth-order valence-corrected chi connectivity index (χ4v) is 1.29. The van der Waals surface area contributed by atoms with E-state index in [0.717, 1.165) is 11.0 Å². The van der Waals surface area contributed by atoms with Crippen LogP contribution in [0.1, 0.15) is 12.5 Å². The largest absolute Gasteiger partial charge is 0.478 e. The van der Waals surface area contributed by atoms with Crippen molar-refractivity contribution in [1.29, 1.82) is 0 Å². The Kier molecular flexibility index (Phi) is 4.85. The molecule has 0 saturated heterocycles. The van der Waals surface area contributed by atoms with E-state index in [9.17, 15) is 18.0 Å². The Bertz CT molecular complexity index is 457. The average Bonchev–Trinajstić information content (AvgIpc) is 2.33. The van der Waals surface area contributed by atoms with E-state index < -0.39 is 18.7 Å². The van der Waals surface area contributed by atoms with Crippen LogP contribution in [-0.2, 0) is 4.79 Å². The van der Waals surface area contributed by atoms with Gasteiger partial charge in [0.25, 0.3) is 0 Å². The van der Waals surface area contributed by atoms with Crippen LogP contribution in [0.4, 0.5) is 19.1 Å². The van der Waals surface area contributed by atoms with Crippen molar-refractivity contribution in [2.24, 2.45) is 0 Å². The van der Waals surface area contributed by atoms with E-state index in [1.54, 1.807) is 6.92 Å². The lowest BCUT2D eigenvalue weighted by Gasteiger charge is -2.21. The minimum Gasteiger partial charge on any atom is -0.478 e. The lowest BCUT2D eigenvalue weighted by atomic mass is 10.3. The number of hydrogen-bond acceptors (Lipinski definition) is 4. The molecule has 5 nitrogen and oxygen atoms in total. The molecule has 1 aromatic rings. The average molecular weight is 275 g/mol. The Labute approximate surface area is 107 Å². The Morgan fingerprint density at radius 1 is 1.42 bits per heavy atom. The summed E-state index contributed by atoms with van der Waals surface area (Å²) in [5.41, 5.74) is 0.397. The summed E-state index contributed by atoms with van der Waals surface area (Å²) < 4.78 is 36.9. The first kappa shape index (κ1) is 14.9. The van der Waals surface area contributed by atoms with E-state index in [-0.39, 0.29) is 12.5 Å². The maximum Gasteiger partial charge on any atom is 0.406 e. The number of nitrogens with zero attached hydrogens (tertiary/aromatic N) is 3. The van der Waals surface area contributed by atoms with Gasteiger partial charge in [-0.25, -0.2) is 14.8 Å². The van der Waals surface area contributed by atoms with Crippen molar-refractivity contribution in [1.82, 2.24) is 9.97 Å². The summed E-state index contributed by atoms with van der Waals surface area (Å²) in [6.45, 7) is 0.547. The molecule has 0 aliphatic carbocycles. The number of aromatic nitrogens is 2. The quantitative estimate of drug-likeness (QED) is 0.832. The molecule has 1 N–H and O–H groups in total. The summed E-state index contributed by atoms with van der Waals surface area (Å²) in [5, 5.41) is 8.42. The number of anilines is 1. The Balaban J connectivity index is 2.81. The standard InChI is InChI=1S/C11H12F3N3O2/c1-2-17(7-11(12,13)14)10-15-5-8(6-16-10)3-4-9(18)19/h3-6H,2,7H2,1H3,(H,18,19)/b4-3+. The molecular formula is C11H12F3N3O2. The van der Waals surface area contributed by atoms with E-state index in [1.807, 2.05) is 0 Å². The summed E-state index contributed by atoms with van der Waals surface area (Å²) in [5.74, 6) is -1.18. The van der Waals surface area contributed by atoms with Crippen molar-refractivity contribution in [3.8, 4) is 0 Å². The highest BCUT2D eigenvalue weighted by Gasteiger charge is 2.31. The highest BCUT2D eigenvalue weighted by molar-refractivity contribution is 5.85. The van der Waals surface area contributed by atoms with Gasteiger partial charge in [-0.05, 0) is 13.0 Å². The van der Waals surface area contributed by atoms with Crippen molar-refractivity contribution < 1.29 is 23.1 Å². The molecular weight excluding hydrogens is 263 g/mol. The van der Waals surface area contributed by atoms with E-state index >= 15 is 0 Å². The fourth-order valence-electron chi connectivity index (χ4n) is 1.29. The van der Waals surface area contributed by atoms with Crippen molar-refractivity contribution in [3.05, 3.63) is 24.0 Å². The van der Waals surface area contributed by atoms with Crippen LogP contribution in [0.15, 0.2) is 18.5 Å². The van der Waals surface area contributed by atoms with Crippen LogP contribution < -0.4 is 4.90 Å². The van der Waals surface area contributed by atoms with Gasteiger partial charge in [0.2, 0.25) is 5.95 Å². The number of carboxylic acids is 1. The van der Waals surface area contributed by atoms with E-state index in [0.29, 0.717) is 5.56 Å². The minimum absolute atomic E-state index is 0.0488. The van der Waals surface area contributed by atoms with Crippen LogP contribution in [0.25, 0.3) is 6.08 Å². The Morgan fingerprint density at radius 3 is 2.42 bits per heavy atom. The maximum atomic E-state index is 12.3. The predicted molar refractivity (Wildman–Crippen MR) is 62.6 cm³/mol. The molecule has 0 fully saturated rings. The van der Waals surface area contributed by atoms with Crippen molar-refractivity contribution in [2.75, 3.05) is 18.0 Å². The van der Waals surface area contributed by atoms with Crippen LogP contribution in [-0.4, -0.2) is 40.3 Å². The molecule has 0 unspecified atom stereocenters. The SMILES string of the molecule is CCN(CC(F)(F)F)c1ncc(/C=C/C(=O)O)cn1. The molecule has 104 valence electrons. The lowest BCUT2D eigenvalue weighted by molar-refractivity contribution is -0.131. The second kappa shape index (κ2) is 6.17. The summed E-state index contributed by atoms with van der Waals surface area (Å²) in [6, 6.07) is 0. The summed E-state index contributed by atoms with van der Waals surface area (Å²) in [6.07, 6.45) is 0.348. The molecule has 0 spiro atoms. The molecule has 0 radical (unpaired) electrons. The van der Waals surface area contributed by atoms with Crippen LogP contribution in [0.2, 0.25) is 0 Å². The fraction of sp³-hybridized carbons (Fsp3) is 0.364. The zero-order chi connectivity index (χ0) is 14.5. The van der Waals surface area contributed by atoms with Gasteiger partial charge in [-0.3, -0.25) is 0 Å².